The van der Waals surface area contributed by atoms with Crippen molar-refractivity contribution in [1.29, 1.82) is 5.26 Å². The SMILES string of the molecule is CN(CCC#N)C(=O)Cc1ccc(-c2ccccc2)cc1. The van der Waals surface area contributed by atoms with Crippen LogP contribution in [0.3, 0.4) is 0 Å². The molecule has 0 aliphatic rings. The van der Waals surface area contributed by atoms with Gasteiger partial charge in [-0.05, 0) is 16.7 Å². The van der Waals surface area contributed by atoms with Crippen molar-refractivity contribution in [3.05, 3.63) is 60.2 Å². The van der Waals surface area contributed by atoms with Gasteiger partial charge in [-0.15, -0.1) is 0 Å². The van der Waals surface area contributed by atoms with E-state index in [1.807, 2.05) is 48.5 Å². The Morgan fingerprint density at radius 3 is 2.29 bits per heavy atom. The summed E-state index contributed by atoms with van der Waals surface area (Å²) in [5, 5.41) is 8.54. The number of nitrogens with zero attached hydrogens (tertiary/aromatic N) is 2. The zero-order valence-electron chi connectivity index (χ0n) is 12.1. The Morgan fingerprint density at radius 2 is 1.67 bits per heavy atom. The van der Waals surface area contributed by atoms with Crippen LogP contribution in [0.15, 0.2) is 54.6 Å². The number of rotatable bonds is 5. The number of hydrogen-bond donors (Lipinski definition) is 0. The van der Waals surface area contributed by atoms with E-state index in [-0.39, 0.29) is 5.91 Å². The predicted molar refractivity (Wildman–Crippen MR) is 83.4 cm³/mol. The normalized spacial score (nSPS) is 9.90. The zero-order chi connectivity index (χ0) is 15.1. The number of carbonyl (C=O) groups excluding carboxylic acids is 1. The van der Waals surface area contributed by atoms with Crippen molar-refractivity contribution in [2.24, 2.45) is 0 Å². The topological polar surface area (TPSA) is 44.1 Å². The minimum absolute atomic E-state index is 0.0395. The lowest BCUT2D eigenvalue weighted by atomic mass is 10.0. The van der Waals surface area contributed by atoms with Gasteiger partial charge in [0.25, 0.3) is 0 Å². The maximum absolute atomic E-state index is 12.0. The fourth-order valence-electron chi connectivity index (χ4n) is 2.10. The summed E-state index contributed by atoms with van der Waals surface area (Å²) in [5.74, 6) is 0.0395. The molecule has 1 amide bonds. The first-order chi connectivity index (χ1) is 10.2. The third-order valence-electron chi connectivity index (χ3n) is 3.40. The van der Waals surface area contributed by atoms with Crippen LogP contribution < -0.4 is 0 Å². The lowest BCUT2D eigenvalue weighted by Crippen LogP contribution is -2.28. The summed E-state index contributed by atoms with van der Waals surface area (Å²) in [6.07, 6.45) is 0.742. The van der Waals surface area contributed by atoms with Gasteiger partial charge in [-0.25, -0.2) is 0 Å². The average Bonchev–Trinajstić information content (AvgIpc) is 2.54. The molecular weight excluding hydrogens is 260 g/mol. The number of amides is 1. The van der Waals surface area contributed by atoms with Crippen LogP contribution in [0.4, 0.5) is 0 Å². The van der Waals surface area contributed by atoms with Crippen LogP contribution in [0.25, 0.3) is 11.1 Å². The highest BCUT2D eigenvalue weighted by atomic mass is 16.2. The van der Waals surface area contributed by atoms with Gasteiger partial charge >= 0.3 is 0 Å². The quantitative estimate of drug-likeness (QED) is 0.842. The number of hydrogen-bond acceptors (Lipinski definition) is 2. The van der Waals surface area contributed by atoms with E-state index in [0.717, 1.165) is 11.1 Å². The molecule has 0 aromatic heterocycles. The summed E-state index contributed by atoms with van der Waals surface area (Å²) in [4.78, 5) is 13.6. The highest BCUT2D eigenvalue weighted by molar-refractivity contribution is 5.78. The molecule has 0 saturated heterocycles. The molecule has 0 atom stereocenters. The Morgan fingerprint density at radius 1 is 1.05 bits per heavy atom. The van der Waals surface area contributed by atoms with E-state index in [4.69, 9.17) is 5.26 Å². The van der Waals surface area contributed by atoms with Crippen molar-refractivity contribution in [3.8, 4) is 17.2 Å². The van der Waals surface area contributed by atoms with Gasteiger partial charge in [0, 0.05) is 13.6 Å². The average molecular weight is 278 g/mol. The molecule has 3 nitrogen and oxygen atoms in total. The molecule has 2 rings (SSSR count). The minimum Gasteiger partial charge on any atom is -0.344 e. The van der Waals surface area contributed by atoms with Crippen LogP contribution in [-0.4, -0.2) is 24.4 Å². The van der Waals surface area contributed by atoms with Gasteiger partial charge < -0.3 is 4.90 Å². The lowest BCUT2D eigenvalue weighted by Gasteiger charge is -2.15. The number of carbonyl (C=O) groups is 1. The van der Waals surface area contributed by atoms with Gasteiger partial charge in [0.05, 0.1) is 18.9 Å². The maximum Gasteiger partial charge on any atom is 0.226 e. The number of likely N-dealkylation sites (N-methyl/N-ethyl adjacent to an activating group) is 1. The molecule has 0 aliphatic heterocycles. The molecule has 0 radical (unpaired) electrons. The zero-order valence-corrected chi connectivity index (χ0v) is 12.1. The first-order valence-electron chi connectivity index (χ1n) is 6.96. The molecule has 0 saturated carbocycles. The second-order valence-corrected chi connectivity index (χ2v) is 4.96. The fourth-order valence-corrected chi connectivity index (χ4v) is 2.10. The molecule has 21 heavy (non-hydrogen) atoms. The van der Waals surface area contributed by atoms with Crippen molar-refractivity contribution < 1.29 is 4.79 Å². The number of nitriles is 1. The van der Waals surface area contributed by atoms with Crippen molar-refractivity contribution in [2.75, 3.05) is 13.6 Å². The summed E-state index contributed by atoms with van der Waals surface area (Å²) in [6, 6.07) is 20.2. The summed E-state index contributed by atoms with van der Waals surface area (Å²) in [5.41, 5.74) is 3.30. The Balaban J connectivity index is 2.00. The van der Waals surface area contributed by atoms with Gasteiger partial charge in [0.15, 0.2) is 0 Å². The van der Waals surface area contributed by atoms with E-state index < -0.39 is 0 Å². The van der Waals surface area contributed by atoms with Crippen molar-refractivity contribution in [2.45, 2.75) is 12.8 Å². The molecule has 0 spiro atoms. The van der Waals surface area contributed by atoms with Gasteiger partial charge in [0.2, 0.25) is 5.91 Å². The third kappa shape index (κ3) is 4.19. The van der Waals surface area contributed by atoms with Crippen molar-refractivity contribution in [3.63, 3.8) is 0 Å². The second kappa shape index (κ2) is 7.25. The second-order valence-electron chi connectivity index (χ2n) is 4.96. The Labute approximate surface area is 125 Å². The maximum atomic E-state index is 12.0. The standard InChI is InChI=1S/C18H18N2O/c1-20(13-5-12-19)18(21)14-15-8-10-17(11-9-15)16-6-3-2-4-7-16/h2-4,6-11H,5,13-14H2,1H3. The van der Waals surface area contributed by atoms with Crippen LogP contribution in [-0.2, 0) is 11.2 Å². The van der Waals surface area contributed by atoms with Crippen molar-refractivity contribution in [1.82, 2.24) is 4.90 Å². The van der Waals surface area contributed by atoms with Crippen LogP contribution in [0.2, 0.25) is 0 Å². The van der Waals surface area contributed by atoms with Crippen LogP contribution in [0.1, 0.15) is 12.0 Å². The third-order valence-corrected chi connectivity index (χ3v) is 3.40. The van der Waals surface area contributed by atoms with Gasteiger partial charge in [-0.2, -0.15) is 5.26 Å². The predicted octanol–water partition coefficient (Wildman–Crippen LogP) is 3.27. The number of benzene rings is 2. The van der Waals surface area contributed by atoms with Crippen LogP contribution in [0.5, 0.6) is 0 Å². The summed E-state index contributed by atoms with van der Waals surface area (Å²) < 4.78 is 0. The van der Waals surface area contributed by atoms with Gasteiger partial charge in [-0.1, -0.05) is 54.6 Å². The Hall–Kier alpha value is -2.60. The van der Waals surface area contributed by atoms with E-state index >= 15 is 0 Å². The van der Waals surface area contributed by atoms with Gasteiger partial charge in [-0.3, -0.25) is 4.79 Å². The first-order valence-corrected chi connectivity index (χ1v) is 6.96. The van der Waals surface area contributed by atoms with Crippen molar-refractivity contribution >= 4 is 5.91 Å². The molecule has 0 fully saturated rings. The molecule has 0 aliphatic carbocycles. The highest BCUT2D eigenvalue weighted by Gasteiger charge is 2.09. The smallest absolute Gasteiger partial charge is 0.226 e. The largest absolute Gasteiger partial charge is 0.344 e. The molecule has 2 aromatic carbocycles. The van der Waals surface area contributed by atoms with E-state index in [0.29, 0.717) is 19.4 Å². The summed E-state index contributed by atoms with van der Waals surface area (Å²) in [7, 11) is 1.73. The van der Waals surface area contributed by atoms with E-state index in [9.17, 15) is 4.79 Å². The fraction of sp³-hybridized carbons (Fsp3) is 0.222. The van der Waals surface area contributed by atoms with E-state index in [2.05, 4.69) is 12.1 Å². The molecule has 0 N–H and O–H groups in total. The molecular formula is C18H18N2O. The molecule has 0 bridgehead atoms. The summed E-state index contributed by atoms with van der Waals surface area (Å²) in [6.45, 7) is 0.484. The molecule has 3 heteroatoms. The van der Waals surface area contributed by atoms with Crippen LogP contribution in [0, 0.1) is 11.3 Å². The monoisotopic (exact) mass is 278 g/mol. The molecule has 0 heterocycles. The Kier molecular flexibility index (Phi) is 5.11. The molecule has 2 aromatic rings. The summed E-state index contributed by atoms with van der Waals surface area (Å²) >= 11 is 0. The highest BCUT2D eigenvalue weighted by Crippen LogP contribution is 2.19. The van der Waals surface area contributed by atoms with E-state index in [1.54, 1.807) is 11.9 Å². The van der Waals surface area contributed by atoms with Gasteiger partial charge in [0.1, 0.15) is 0 Å². The Bertz CT molecular complexity index is 627. The minimum atomic E-state index is 0.0395. The lowest BCUT2D eigenvalue weighted by molar-refractivity contribution is -0.129. The molecule has 0 unspecified atom stereocenters. The van der Waals surface area contributed by atoms with Crippen LogP contribution >= 0.6 is 0 Å². The van der Waals surface area contributed by atoms with E-state index in [1.165, 1.54) is 5.56 Å². The first kappa shape index (κ1) is 14.8. The molecule has 106 valence electrons.